The number of nitrogens with one attached hydrogen (secondary N) is 1. The number of rotatable bonds is 5. The number of carbonyl (C=O) groups is 1. The molecule has 0 radical (unpaired) electrons. The van der Waals surface area contributed by atoms with Crippen molar-refractivity contribution in [1.82, 2.24) is 10.3 Å². The Kier molecular flexibility index (Phi) is 4.69. The van der Waals surface area contributed by atoms with Crippen LogP contribution >= 0.6 is 11.3 Å². The number of para-hydroxylation sites is 1. The number of hydrogen-bond acceptors (Lipinski definition) is 4. The maximum Gasteiger partial charge on any atom is 0.253 e. The van der Waals surface area contributed by atoms with Gasteiger partial charge in [-0.2, -0.15) is 0 Å². The Labute approximate surface area is 138 Å². The van der Waals surface area contributed by atoms with Gasteiger partial charge in [-0.1, -0.05) is 49.4 Å². The molecule has 2 aromatic carbocycles. The van der Waals surface area contributed by atoms with E-state index in [0.717, 1.165) is 15.2 Å². The van der Waals surface area contributed by atoms with Crippen molar-refractivity contribution in [2.45, 2.75) is 18.9 Å². The molecule has 4 nitrogen and oxygen atoms in total. The van der Waals surface area contributed by atoms with Crippen molar-refractivity contribution in [3.63, 3.8) is 0 Å². The molecule has 2 N–H and O–H groups in total. The highest BCUT2D eigenvalue weighted by Gasteiger charge is 2.18. The van der Waals surface area contributed by atoms with Crippen molar-refractivity contribution >= 4 is 27.5 Å². The van der Waals surface area contributed by atoms with Gasteiger partial charge in [0, 0.05) is 12.5 Å². The topological polar surface area (TPSA) is 62.2 Å². The fourth-order valence-electron chi connectivity index (χ4n) is 2.33. The number of hydrogen-bond donors (Lipinski definition) is 2. The summed E-state index contributed by atoms with van der Waals surface area (Å²) in [5, 5.41) is 13.8. The van der Waals surface area contributed by atoms with Gasteiger partial charge in [-0.3, -0.25) is 4.79 Å². The summed E-state index contributed by atoms with van der Waals surface area (Å²) in [4.78, 5) is 16.7. The normalized spacial score (nSPS) is 13.7. The van der Waals surface area contributed by atoms with Gasteiger partial charge in [0.15, 0.2) is 6.10 Å². The van der Waals surface area contributed by atoms with Crippen molar-refractivity contribution in [3.05, 3.63) is 65.2 Å². The smallest absolute Gasteiger partial charge is 0.253 e. The average molecular weight is 326 g/mol. The monoisotopic (exact) mass is 326 g/mol. The summed E-state index contributed by atoms with van der Waals surface area (Å²) >= 11 is 1.64. The fraction of sp³-hybridized carbons (Fsp3) is 0.222. The number of benzene rings is 2. The number of aliphatic hydroxyl groups excluding tert-OH is 1. The zero-order chi connectivity index (χ0) is 16.2. The number of fused-ring (bicyclic) bond motifs is 1. The Morgan fingerprint density at radius 3 is 2.61 bits per heavy atom. The summed E-state index contributed by atoms with van der Waals surface area (Å²) in [5.74, 6) is -0.288. The molecule has 118 valence electrons. The lowest BCUT2D eigenvalue weighted by molar-refractivity contribution is -0.129. The van der Waals surface area contributed by atoms with Crippen molar-refractivity contribution in [1.29, 1.82) is 0 Å². The van der Waals surface area contributed by atoms with E-state index < -0.39 is 6.10 Å². The van der Waals surface area contributed by atoms with Gasteiger partial charge in [0.05, 0.1) is 15.2 Å². The minimum Gasteiger partial charge on any atom is -0.378 e. The standard InChI is InChI=1S/C18H18N2O2S/c1-12(18-20-14-9-5-6-10-15(14)23-18)11-19-17(22)16(21)13-7-3-2-4-8-13/h2-10,12,16,21H,11H2,1H3,(H,19,22)/t12-,16+/m1/s1. The molecular formula is C18H18N2O2S. The summed E-state index contributed by atoms with van der Waals surface area (Å²) in [6, 6.07) is 16.9. The van der Waals surface area contributed by atoms with Gasteiger partial charge in [-0.15, -0.1) is 11.3 Å². The molecule has 23 heavy (non-hydrogen) atoms. The third-order valence-electron chi connectivity index (χ3n) is 3.68. The quantitative estimate of drug-likeness (QED) is 0.756. The first-order valence-electron chi connectivity index (χ1n) is 7.51. The highest BCUT2D eigenvalue weighted by atomic mass is 32.1. The van der Waals surface area contributed by atoms with Gasteiger partial charge in [-0.25, -0.2) is 4.98 Å². The van der Waals surface area contributed by atoms with Crippen LogP contribution < -0.4 is 5.32 Å². The molecule has 1 aromatic heterocycles. The molecule has 0 unspecified atom stereocenters. The van der Waals surface area contributed by atoms with E-state index in [9.17, 15) is 9.90 Å². The summed E-state index contributed by atoms with van der Waals surface area (Å²) in [6.45, 7) is 2.47. The number of aliphatic hydroxyl groups is 1. The van der Waals surface area contributed by atoms with Crippen LogP contribution in [0.3, 0.4) is 0 Å². The number of thiazole rings is 1. The molecule has 3 rings (SSSR count). The molecule has 5 heteroatoms. The first-order chi connectivity index (χ1) is 11.1. The lowest BCUT2D eigenvalue weighted by atomic mass is 10.1. The van der Waals surface area contributed by atoms with E-state index in [1.165, 1.54) is 0 Å². The number of aromatic nitrogens is 1. The van der Waals surface area contributed by atoms with E-state index in [1.807, 2.05) is 37.3 Å². The maximum absolute atomic E-state index is 12.1. The second-order valence-corrected chi connectivity index (χ2v) is 6.54. The lowest BCUT2D eigenvalue weighted by Crippen LogP contribution is -2.32. The third kappa shape index (κ3) is 3.57. The average Bonchev–Trinajstić information content (AvgIpc) is 3.03. The van der Waals surface area contributed by atoms with Gasteiger partial charge in [-0.05, 0) is 17.7 Å². The molecule has 0 saturated carbocycles. The highest BCUT2D eigenvalue weighted by Crippen LogP contribution is 2.27. The van der Waals surface area contributed by atoms with E-state index in [0.29, 0.717) is 12.1 Å². The Balaban J connectivity index is 1.62. The predicted octanol–water partition coefficient (Wildman–Crippen LogP) is 3.25. The van der Waals surface area contributed by atoms with E-state index in [2.05, 4.69) is 10.3 Å². The minimum atomic E-state index is -1.14. The third-order valence-corrected chi connectivity index (χ3v) is 4.95. The van der Waals surface area contributed by atoms with E-state index in [4.69, 9.17) is 0 Å². The Morgan fingerprint density at radius 1 is 1.17 bits per heavy atom. The first-order valence-corrected chi connectivity index (χ1v) is 8.33. The number of nitrogens with zero attached hydrogens (tertiary/aromatic N) is 1. The van der Waals surface area contributed by atoms with Crippen LogP contribution in [-0.2, 0) is 4.79 Å². The van der Waals surface area contributed by atoms with Gasteiger partial charge >= 0.3 is 0 Å². The molecular weight excluding hydrogens is 308 g/mol. The van der Waals surface area contributed by atoms with Crippen molar-refractivity contribution < 1.29 is 9.90 Å². The summed E-state index contributed by atoms with van der Waals surface area (Å²) < 4.78 is 1.14. The molecule has 1 heterocycles. The zero-order valence-electron chi connectivity index (χ0n) is 12.8. The van der Waals surface area contributed by atoms with Crippen LogP contribution in [0.25, 0.3) is 10.2 Å². The van der Waals surface area contributed by atoms with E-state index in [-0.39, 0.29) is 11.8 Å². The van der Waals surface area contributed by atoms with Crippen molar-refractivity contribution in [2.75, 3.05) is 6.54 Å². The van der Waals surface area contributed by atoms with Crippen LogP contribution in [0.5, 0.6) is 0 Å². The summed E-state index contributed by atoms with van der Waals surface area (Å²) in [7, 11) is 0. The van der Waals surface area contributed by atoms with Crippen LogP contribution in [0.1, 0.15) is 29.5 Å². The van der Waals surface area contributed by atoms with Gasteiger partial charge < -0.3 is 10.4 Å². The molecule has 1 amide bonds. The van der Waals surface area contributed by atoms with Gasteiger partial charge in [0.25, 0.3) is 5.91 Å². The molecule has 3 aromatic rings. The predicted molar refractivity (Wildman–Crippen MR) is 92.4 cm³/mol. The van der Waals surface area contributed by atoms with Crippen LogP contribution in [0.4, 0.5) is 0 Å². The van der Waals surface area contributed by atoms with Crippen LogP contribution in [0, 0.1) is 0 Å². The van der Waals surface area contributed by atoms with Crippen molar-refractivity contribution in [3.8, 4) is 0 Å². The maximum atomic E-state index is 12.1. The minimum absolute atomic E-state index is 0.0966. The largest absolute Gasteiger partial charge is 0.378 e. The van der Waals surface area contributed by atoms with Crippen LogP contribution in [0.15, 0.2) is 54.6 Å². The molecule has 0 spiro atoms. The Morgan fingerprint density at radius 2 is 1.87 bits per heavy atom. The molecule has 0 bridgehead atoms. The Hall–Kier alpha value is -2.24. The Bertz CT molecular complexity index is 768. The molecule has 0 aliphatic rings. The zero-order valence-corrected chi connectivity index (χ0v) is 13.6. The molecule has 2 atom stereocenters. The summed E-state index contributed by atoms with van der Waals surface area (Å²) in [5.41, 5.74) is 1.58. The van der Waals surface area contributed by atoms with E-state index in [1.54, 1.807) is 35.6 Å². The van der Waals surface area contributed by atoms with Crippen molar-refractivity contribution in [2.24, 2.45) is 0 Å². The SMILES string of the molecule is C[C@H](CNC(=O)[C@@H](O)c1ccccc1)c1nc2ccccc2s1. The molecule has 0 saturated heterocycles. The van der Waals surface area contributed by atoms with Crippen LogP contribution in [0.2, 0.25) is 0 Å². The number of carbonyl (C=O) groups excluding carboxylic acids is 1. The number of amides is 1. The summed E-state index contributed by atoms with van der Waals surface area (Å²) in [6.07, 6.45) is -1.14. The second kappa shape index (κ2) is 6.89. The first kappa shape index (κ1) is 15.6. The highest BCUT2D eigenvalue weighted by molar-refractivity contribution is 7.18. The molecule has 0 aliphatic carbocycles. The lowest BCUT2D eigenvalue weighted by Gasteiger charge is -2.14. The van der Waals surface area contributed by atoms with Gasteiger partial charge in [0.2, 0.25) is 0 Å². The fourth-order valence-corrected chi connectivity index (χ4v) is 3.34. The second-order valence-electron chi connectivity index (χ2n) is 5.48. The van der Waals surface area contributed by atoms with Gasteiger partial charge in [0.1, 0.15) is 0 Å². The van der Waals surface area contributed by atoms with E-state index >= 15 is 0 Å². The molecule has 0 fully saturated rings. The molecule has 0 aliphatic heterocycles. The van der Waals surface area contributed by atoms with Crippen LogP contribution in [-0.4, -0.2) is 22.5 Å².